The minimum atomic E-state index is -0.134. The summed E-state index contributed by atoms with van der Waals surface area (Å²) >= 11 is 0. The average molecular weight is 274 g/mol. The number of nitrogens with one attached hydrogen (secondary N) is 1. The number of carbonyl (C=O) groups is 2. The van der Waals surface area contributed by atoms with Gasteiger partial charge in [0.2, 0.25) is 0 Å². The van der Waals surface area contributed by atoms with Crippen LogP contribution in [0.5, 0.6) is 0 Å². The molecule has 14 heavy (non-hydrogen) atoms. The monoisotopic (exact) mass is 274 g/mol. The van der Waals surface area contributed by atoms with Gasteiger partial charge in [0.25, 0.3) is 0 Å². The van der Waals surface area contributed by atoms with Crippen LogP contribution >= 0.6 is 0 Å². The summed E-state index contributed by atoms with van der Waals surface area (Å²) in [4.78, 5) is 38.3. The van der Waals surface area contributed by atoms with Crippen LogP contribution in [-0.2, 0) is 51.9 Å². The molecule has 6 heteroatoms. The van der Waals surface area contributed by atoms with Crippen molar-refractivity contribution in [2.45, 2.75) is 20.3 Å². The topological polar surface area (TPSA) is 80.3 Å². The van der Waals surface area contributed by atoms with E-state index in [1.54, 1.807) is 0 Å². The molecule has 1 amide bonds. The second-order valence-electron chi connectivity index (χ2n) is 2.18. The first-order chi connectivity index (χ1) is 6.04. The van der Waals surface area contributed by atoms with Gasteiger partial charge in [0.05, 0.1) is 0 Å². The standard InChI is InChI=1S/C4H6NO2.C4H5O2.Y/c1-4(7)2-5-3-6;1-4(6)2-3-5;/h2H2,1H3,(H,5,6);2H2,1H3;/q2*-1;. The summed E-state index contributed by atoms with van der Waals surface area (Å²) in [7, 11) is 0. The van der Waals surface area contributed by atoms with Gasteiger partial charge in [-0.3, -0.25) is 11.1 Å². The summed E-state index contributed by atoms with van der Waals surface area (Å²) < 4.78 is 0. The molecule has 0 rings (SSSR count). The van der Waals surface area contributed by atoms with Gasteiger partial charge in [-0.15, -0.1) is 0 Å². The van der Waals surface area contributed by atoms with Crippen molar-refractivity contribution < 1.29 is 51.9 Å². The van der Waals surface area contributed by atoms with Crippen molar-refractivity contribution in [1.82, 2.24) is 5.32 Å². The van der Waals surface area contributed by atoms with Crippen molar-refractivity contribution in [3.8, 4) is 0 Å². The number of Topliss-reactive ketones (excluding diaryl/α,β-unsaturated/α-hetero) is 2. The fourth-order valence-corrected chi connectivity index (χ4v) is 0.262. The number of hydrogen-bond acceptors (Lipinski definition) is 4. The van der Waals surface area contributed by atoms with E-state index in [-0.39, 0.29) is 57.2 Å². The summed E-state index contributed by atoms with van der Waals surface area (Å²) in [6.45, 7) is 2.83. The van der Waals surface area contributed by atoms with E-state index >= 15 is 0 Å². The smallest absolute Gasteiger partial charge is 0.146 e. The summed E-state index contributed by atoms with van der Waals surface area (Å²) in [6.07, 6.45) is 2.78. The predicted molar refractivity (Wildman–Crippen MR) is 45.4 cm³/mol. The molecule has 0 aromatic heterocycles. The van der Waals surface area contributed by atoms with E-state index < -0.39 is 0 Å². The normalized spacial score (nSPS) is 7.00. The Morgan fingerprint density at radius 3 is 1.71 bits per heavy atom. The molecule has 0 aliphatic rings. The second-order valence-corrected chi connectivity index (χ2v) is 2.18. The maximum atomic E-state index is 9.96. The van der Waals surface area contributed by atoms with Gasteiger partial charge in [-0.05, 0) is 13.8 Å². The van der Waals surface area contributed by atoms with Crippen molar-refractivity contribution in [2.75, 3.05) is 6.54 Å². The minimum Gasteiger partial charge on any atom is -0.541 e. The quantitative estimate of drug-likeness (QED) is 0.408. The molecule has 0 spiro atoms. The van der Waals surface area contributed by atoms with Crippen LogP contribution in [0, 0.1) is 0 Å². The Hall–Kier alpha value is -0.416. The van der Waals surface area contributed by atoms with Crippen LogP contribution in [0.3, 0.4) is 0 Å². The summed E-state index contributed by atoms with van der Waals surface area (Å²) in [5.74, 6) is -0.201. The zero-order valence-corrected chi connectivity index (χ0v) is 11.0. The molecule has 0 unspecified atom stereocenters. The Morgan fingerprint density at radius 1 is 1.14 bits per heavy atom. The maximum Gasteiger partial charge on any atom is 0.146 e. The first-order valence-corrected chi connectivity index (χ1v) is 3.48. The van der Waals surface area contributed by atoms with Crippen LogP contribution in [0.1, 0.15) is 20.3 Å². The average Bonchev–Trinajstić information content (AvgIpc) is 2.01. The fraction of sp³-hybridized carbons (Fsp3) is 0.500. The number of rotatable bonds is 5. The van der Waals surface area contributed by atoms with Crippen LogP contribution in [0.4, 0.5) is 0 Å². The van der Waals surface area contributed by atoms with Gasteiger partial charge < -0.3 is 19.7 Å². The van der Waals surface area contributed by atoms with Crippen LogP contribution in [0.15, 0.2) is 0 Å². The van der Waals surface area contributed by atoms with Crippen LogP contribution in [0.25, 0.3) is 0 Å². The Bertz CT molecular complexity index is 194. The Morgan fingerprint density at radius 2 is 1.64 bits per heavy atom. The van der Waals surface area contributed by atoms with Crippen molar-refractivity contribution in [3.05, 3.63) is 0 Å². The molecule has 0 atom stereocenters. The van der Waals surface area contributed by atoms with Crippen LogP contribution in [0.2, 0.25) is 0 Å². The van der Waals surface area contributed by atoms with Crippen LogP contribution in [-0.4, -0.2) is 30.8 Å². The SMILES string of the molecule is CC(=O)CN[C-]=O.CC(=O)C[C-]=O.[Y]. The Labute approximate surface area is 108 Å². The van der Waals surface area contributed by atoms with E-state index in [9.17, 15) is 19.2 Å². The minimum absolute atomic E-state index is 0. The molecular formula is C8H11NO4Y-2. The van der Waals surface area contributed by atoms with E-state index in [4.69, 9.17) is 0 Å². The summed E-state index contributed by atoms with van der Waals surface area (Å²) in [6, 6.07) is 0. The molecule has 0 bridgehead atoms. The third-order valence-corrected chi connectivity index (χ3v) is 0.731. The predicted octanol–water partition coefficient (Wildman–Crippen LogP) is -0.695. The van der Waals surface area contributed by atoms with Gasteiger partial charge in [-0.1, -0.05) is 6.42 Å². The van der Waals surface area contributed by atoms with Crippen molar-refractivity contribution in [1.29, 1.82) is 0 Å². The Kier molecular flexibility index (Phi) is 20.7. The third kappa shape index (κ3) is 29.9. The summed E-state index contributed by atoms with van der Waals surface area (Å²) in [5.41, 5.74) is 0. The van der Waals surface area contributed by atoms with E-state index in [1.165, 1.54) is 26.5 Å². The zero-order valence-electron chi connectivity index (χ0n) is 8.12. The van der Waals surface area contributed by atoms with Crippen LogP contribution < -0.4 is 5.32 Å². The fourth-order valence-electron chi connectivity index (χ4n) is 0.262. The zero-order chi connectivity index (χ0) is 10.7. The molecule has 0 heterocycles. The third-order valence-electron chi connectivity index (χ3n) is 0.731. The molecular weight excluding hydrogens is 263 g/mol. The van der Waals surface area contributed by atoms with E-state index in [2.05, 4.69) is 5.32 Å². The first-order valence-electron chi connectivity index (χ1n) is 3.48. The van der Waals surface area contributed by atoms with Gasteiger partial charge in [-0.2, -0.15) is 6.41 Å². The van der Waals surface area contributed by atoms with Gasteiger partial charge in [0.15, 0.2) is 0 Å². The molecule has 77 valence electrons. The number of amides is 1. The van der Waals surface area contributed by atoms with E-state index in [0.29, 0.717) is 0 Å². The molecule has 1 N–H and O–H groups in total. The number of hydrogen-bond donors (Lipinski definition) is 1. The molecule has 5 nitrogen and oxygen atoms in total. The molecule has 0 saturated heterocycles. The number of carbonyl (C=O) groups excluding carboxylic acids is 4. The molecule has 0 aromatic carbocycles. The van der Waals surface area contributed by atoms with Crippen molar-refractivity contribution in [3.63, 3.8) is 0 Å². The van der Waals surface area contributed by atoms with Gasteiger partial charge in [0, 0.05) is 39.3 Å². The second kappa shape index (κ2) is 15.1. The molecule has 0 aromatic rings. The molecule has 1 radical (unpaired) electrons. The largest absolute Gasteiger partial charge is 0.541 e. The molecule has 0 fully saturated rings. The van der Waals surface area contributed by atoms with Gasteiger partial charge >= 0.3 is 0 Å². The van der Waals surface area contributed by atoms with Crippen molar-refractivity contribution in [2.24, 2.45) is 0 Å². The van der Waals surface area contributed by atoms with Gasteiger partial charge in [-0.25, -0.2) is 0 Å². The van der Waals surface area contributed by atoms with E-state index in [0.717, 1.165) is 0 Å². The summed E-state index contributed by atoms with van der Waals surface area (Å²) in [5, 5.41) is 2.09. The molecule has 0 aliphatic heterocycles. The van der Waals surface area contributed by atoms with Crippen molar-refractivity contribution >= 4 is 24.3 Å². The number of ketones is 2. The van der Waals surface area contributed by atoms with E-state index in [1.807, 2.05) is 0 Å². The maximum absolute atomic E-state index is 9.96. The first kappa shape index (κ1) is 19.2. The molecule has 0 saturated carbocycles. The van der Waals surface area contributed by atoms with Gasteiger partial charge in [0.1, 0.15) is 11.6 Å². The molecule has 0 aliphatic carbocycles. The Balaban J connectivity index is -0.000000163.